The van der Waals surface area contributed by atoms with Crippen LogP contribution in [0.1, 0.15) is 44.5 Å². The third-order valence-corrected chi connectivity index (χ3v) is 4.43. The van der Waals surface area contributed by atoms with Gasteiger partial charge in [0.1, 0.15) is 11.3 Å². The molecule has 0 bridgehead atoms. The van der Waals surface area contributed by atoms with Crippen LogP contribution in [0.25, 0.3) is 11.2 Å². The van der Waals surface area contributed by atoms with Gasteiger partial charge < -0.3 is 9.88 Å². The van der Waals surface area contributed by atoms with E-state index in [0.717, 1.165) is 35.1 Å². The zero-order valence-electron chi connectivity index (χ0n) is 11.9. The monoisotopic (exact) mass is 336 g/mol. The summed E-state index contributed by atoms with van der Waals surface area (Å²) >= 11 is 3.49. The van der Waals surface area contributed by atoms with Gasteiger partial charge in [0, 0.05) is 23.1 Å². The van der Waals surface area contributed by atoms with Crippen molar-refractivity contribution in [3.63, 3.8) is 0 Å². The van der Waals surface area contributed by atoms with Gasteiger partial charge in [-0.05, 0) is 54.3 Å². The molecule has 20 heavy (non-hydrogen) atoms. The van der Waals surface area contributed by atoms with Crippen LogP contribution in [0.3, 0.4) is 0 Å². The average Bonchev–Trinajstić information content (AvgIpc) is 2.83. The molecule has 5 heteroatoms. The fraction of sp³-hybridized carbons (Fsp3) is 0.600. The van der Waals surface area contributed by atoms with Crippen LogP contribution in [0.4, 0.5) is 0 Å². The van der Waals surface area contributed by atoms with Gasteiger partial charge in [0.25, 0.3) is 0 Å². The summed E-state index contributed by atoms with van der Waals surface area (Å²) in [5.74, 6) is 1.21. The highest BCUT2D eigenvalue weighted by molar-refractivity contribution is 9.10. The van der Waals surface area contributed by atoms with Crippen LogP contribution in [0.2, 0.25) is 0 Å². The summed E-state index contributed by atoms with van der Waals surface area (Å²) in [6, 6.07) is 2.62. The number of fused-ring (bicyclic) bond motifs is 1. The van der Waals surface area contributed by atoms with Crippen molar-refractivity contribution in [3.05, 3.63) is 22.6 Å². The maximum Gasteiger partial charge on any atom is 0.160 e. The lowest BCUT2D eigenvalue weighted by molar-refractivity contribution is 0.365. The van der Waals surface area contributed by atoms with E-state index in [9.17, 15) is 0 Å². The lowest BCUT2D eigenvalue weighted by atomic mass is 10.1. The van der Waals surface area contributed by atoms with E-state index in [2.05, 4.69) is 43.8 Å². The first kappa shape index (κ1) is 14.0. The maximum absolute atomic E-state index is 4.84. The SMILES string of the molecule is CCCCc1nc2cc(Br)cnc2n1C1CCNCC1. The number of aryl methyl sites for hydroxylation is 1. The van der Waals surface area contributed by atoms with Gasteiger partial charge >= 0.3 is 0 Å². The Morgan fingerprint density at radius 3 is 2.95 bits per heavy atom. The number of hydrogen-bond acceptors (Lipinski definition) is 3. The molecule has 1 fully saturated rings. The molecule has 4 nitrogen and oxygen atoms in total. The first-order valence-corrected chi connectivity index (χ1v) is 8.32. The van der Waals surface area contributed by atoms with Crippen LogP contribution in [-0.4, -0.2) is 27.6 Å². The van der Waals surface area contributed by atoms with Crippen molar-refractivity contribution in [1.82, 2.24) is 19.9 Å². The summed E-state index contributed by atoms with van der Waals surface area (Å²) in [7, 11) is 0. The van der Waals surface area contributed by atoms with E-state index >= 15 is 0 Å². The van der Waals surface area contributed by atoms with E-state index in [1.165, 1.54) is 31.5 Å². The number of hydrogen-bond donors (Lipinski definition) is 1. The predicted octanol–water partition coefficient (Wildman–Crippen LogP) is 3.46. The molecule has 0 radical (unpaired) electrons. The zero-order chi connectivity index (χ0) is 13.9. The molecule has 3 heterocycles. The van der Waals surface area contributed by atoms with Crippen LogP contribution in [0, 0.1) is 0 Å². The van der Waals surface area contributed by atoms with E-state index in [1.807, 2.05) is 6.20 Å². The van der Waals surface area contributed by atoms with Gasteiger partial charge in [-0.25, -0.2) is 9.97 Å². The maximum atomic E-state index is 4.84. The molecule has 1 aliphatic rings. The van der Waals surface area contributed by atoms with Gasteiger partial charge in [0.15, 0.2) is 5.65 Å². The predicted molar refractivity (Wildman–Crippen MR) is 85.0 cm³/mol. The number of pyridine rings is 1. The number of unbranched alkanes of at least 4 members (excludes halogenated alkanes) is 1. The van der Waals surface area contributed by atoms with Gasteiger partial charge in [-0.15, -0.1) is 0 Å². The third-order valence-electron chi connectivity index (χ3n) is 4.00. The van der Waals surface area contributed by atoms with Crippen LogP contribution in [0.15, 0.2) is 16.7 Å². The van der Waals surface area contributed by atoms with Crippen molar-refractivity contribution in [2.45, 2.75) is 45.1 Å². The van der Waals surface area contributed by atoms with Crippen molar-refractivity contribution >= 4 is 27.1 Å². The Morgan fingerprint density at radius 1 is 1.40 bits per heavy atom. The van der Waals surface area contributed by atoms with Crippen molar-refractivity contribution in [2.75, 3.05) is 13.1 Å². The quantitative estimate of drug-likeness (QED) is 0.929. The minimum Gasteiger partial charge on any atom is -0.317 e. The zero-order valence-corrected chi connectivity index (χ0v) is 13.5. The van der Waals surface area contributed by atoms with Crippen molar-refractivity contribution in [2.24, 2.45) is 0 Å². The van der Waals surface area contributed by atoms with Gasteiger partial charge in [-0.2, -0.15) is 0 Å². The van der Waals surface area contributed by atoms with E-state index < -0.39 is 0 Å². The van der Waals surface area contributed by atoms with Crippen LogP contribution < -0.4 is 5.32 Å². The topological polar surface area (TPSA) is 42.7 Å². The third kappa shape index (κ3) is 2.74. The van der Waals surface area contributed by atoms with E-state index in [1.54, 1.807) is 0 Å². The summed E-state index contributed by atoms with van der Waals surface area (Å²) in [6.45, 7) is 4.41. The van der Waals surface area contributed by atoms with E-state index in [0.29, 0.717) is 6.04 Å². The summed E-state index contributed by atoms with van der Waals surface area (Å²) in [6.07, 6.45) is 7.66. The van der Waals surface area contributed by atoms with Crippen molar-refractivity contribution < 1.29 is 0 Å². The van der Waals surface area contributed by atoms with Gasteiger partial charge in [0.2, 0.25) is 0 Å². The fourth-order valence-corrected chi connectivity index (χ4v) is 3.28. The number of aromatic nitrogens is 3. The number of rotatable bonds is 4. The molecule has 0 saturated carbocycles. The molecule has 3 rings (SSSR count). The molecule has 0 atom stereocenters. The lowest BCUT2D eigenvalue weighted by Gasteiger charge is -2.25. The van der Waals surface area contributed by atoms with Gasteiger partial charge in [0.05, 0.1) is 0 Å². The van der Waals surface area contributed by atoms with Crippen LogP contribution in [-0.2, 0) is 6.42 Å². The lowest BCUT2D eigenvalue weighted by Crippen LogP contribution is -2.30. The van der Waals surface area contributed by atoms with Crippen molar-refractivity contribution in [3.8, 4) is 0 Å². The van der Waals surface area contributed by atoms with Crippen LogP contribution >= 0.6 is 15.9 Å². The second-order valence-corrected chi connectivity index (χ2v) is 6.39. The van der Waals surface area contributed by atoms with Gasteiger partial charge in [-0.1, -0.05) is 13.3 Å². The molecule has 0 unspecified atom stereocenters. The standard InChI is InChI=1S/C15H21BrN4/c1-2-3-4-14-19-13-9-11(16)10-18-15(13)20(14)12-5-7-17-8-6-12/h9-10,12,17H,2-8H2,1H3. The molecule has 1 N–H and O–H groups in total. The second kappa shape index (κ2) is 6.22. The number of imidazole rings is 1. The molecule has 0 aliphatic carbocycles. The Morgan fingerprint density at radius 2 is 2.20 bits per heavy atom. The molecule has 0 aromatic carbocycles. The highest BCUT2D eigenvalue weighted by Crippen LogP contribution is 2.27. The number of nitrogens with zero attached hydrogens (tertiary/aromatic N) is 3. The minimum atomic E-state index is 0.543. The second-order valence-electron chi connectivity index (χ2n) is 5.48. The largest absolute Gasteiger partial charge is 0.317 e. The molecule has 1 saturated heterocycles. The normalized spacial score (nSPS) is 16.9. The molecule has 1 aliphatic heterocycles. The summed E-state index contributed by atoms with van der Waals surface area (Å²) < 4.78 is 3.40. The average molecular weight is 337 g/mol. The fourth-order valence-electron chi connectivity index (χ4n) is 2.96. The molecule has 0 amide bonds. The molecule has 0 spiro atoms. The van der Waals surface area contributed by atoms with Gasteiger partial charge in [-0.3, -0.25) is 0 Å². The Labute approximate surface area is 128 Å². The first-order chi connectivity index (χ1) is 9.79. The summed E-state index contributed by atoms with van der Waals surface area (Å²) in [5.41, 5.74) is 2.07. The molecule has 2 aromatic rings. The van der Waals surface area contributed by atoms with E-state index in [-0.39, 0.29) is 0 Å². The minimum absolute atomic E-state index is 0.543. The molecule has 108 valence electrons. The molecular formula is C15H21BrN4. The van der Waals surface area contributed by atoms with Crippen molar-refractivity contribution in [1.29, 1.82) is 0 Å². The first-order valence-electron chi connectivity index (χ1n) is 7.52. The number of piperidine rings is 1. The Balaban J connectivity index is 2.04. The number of halogens is 1. The highest BCUT2D eigenvalue weighted by atomic mass is 79.9. The Bertz CT molecular complexity index is 587. The molecule has 2 aromatic heterocycles. The highest BCUT2D eigenvalue weighted by Gasteiger charge is 2.21. The number of nitrogens with one attached hydrogen (secondary N) is 1. The Kier molecular flexibility index (Phi) is 4.36. The smallest absolute Gasteiger partial charge is 0.160 e. The Hall–Kier alpha value is -0.940. The summed E-state index contributed by atoms with van der Waals surface area (Å²) in [4.78, 5) is 9.45. The molecular weight excluding hydrogens is 316 g/mol. The van der Waals surface area contributed by atoms with E-state index in [4.69, 9.17) is 4.98 Å². The van der Waals surface area contributed by atoms with Crippen LogP contribution in [0.5, 0.6) is 0 Å². The summed E-state index contributed by atoms with van der Waals surface area (Å²) in [5, 5.41) is 3.43.